The third-order valence-corrected chi connectivity index (χ3v) is 3.63. The van der Waals surface area contributed by atoms with Gasteiger partial charge in [0.25, 0.3) is 0 Å². The number of amides is 1. The summed E-state index contributed by atoms with van der Waals surface area (Å²) in [6, 6.07) is 7.72. The van der Waals surface area contributed by atoms with Gasteiger partial charge in [-0.25, -0.2) is 4.98 Å². The molecule has 0 radical (unpaired) electrons. The zero-order valence-electron chi connectivity index (χ0n) is 11.7. The fourth-order valence-electron chi connectivity index (χ4n) is 1.77. The number of benzene rings is 1. The molecule has 1 aromatic carbocycles. The first-order chi connectivity index (χ1) is 9.72. The summed E-state index contributed by atoms with van der Waals surface area (Å²) in [5.74, 6) is 0.822. The smallest absolute Gasteiger partial charge is 0.226 e. The van der Waals surface area contributed by atoms with Crippen LogP contribution in [0.2, 0.25) is 0 Å². The van der Waals surface area contributed by atoms with Gasteiger partial charge in [-0.2, -0.15) is 0 Å². The molecule has 0 saturated heterocycles. The number of hydrogen-bond donors (Lipinski definition) is 1. The summed E-state index contributed by atoms with van der Waals surface area (Å²) in [4.78, 5) is 16.1. The van der Waals surface area contributed by atoms with Gasteiger partial charge in [-0.05, 0) is 18.6 Å². The highest BCUT2D eigenvalue weighted by atomic mass is 32.1. The summed E-state index contributed by atoms with van der Waals surface area (Å²) in [6.45, 7) is 2.07. The topological polar surface area (TPSA) is 51.2 Å². The van der Waals surface area contributed by atoms with E-state index in [0.717, 1.165) is 29.8 Å². The fourth-order valence-corrected chi connectivity index (χ4v) is 2.50. The third-order valence-electron chi connectivity index (χ3n) is 2.87. The van der Waals surface area contributed by atoms with Gasteiger partial charge in [0.15, 0.2) is 5.13 Å². The van der Waals surface area contributed by atoms with E-state index in [4.69, 9.17) is 4.74 Å². The van der Waals surface area contributed by atoms with E-state index < -0.39 is 0 Å². The Morgan fingerprint density at radius 1 is 1.45 bits per heavy atom. The SMILES string of the molecule is CCCCC(=O)Nc1nc(-c2cccc(OC)c2)cs1. The second kappa shape index (κ2) is 7.05. The zero-order chi connectivity index (χ0) is 14.4. The van der Waals surface area contributed by atoms with E-state index in [2.05, 4.69) is 17.2 Å². The molecule has 1 N–H and O–H groups in total. The molecule has 0 saturated carbocycles. The van der Waals surface area contributed by atoms with Gasteiger partial charge in [0.2, 0.25) is 5.91 Å². The van der Waals surface area contributed by atoms with E-state index in [0.29, 0.717) is 11.6 Å². The van der Waals surface area contributed by atoms with Crippen LogP contribution in [0.4, 0.5) is 5.13 Å². The van der Waals surface area contributed by atoms with Crippen LogP contribution in [-0.2, 0) is 4.79 Å². The summed E-state index contributed by atoms with van der Waals surface area (Å²) >= 11 is 1.44. The quantitative estimate of drug-likeness (QED) is 0.876. The third kappa shape index (κ3) is 3.81. The molecule has 4 nitrogen and oxygen atoms in total. The molecule has 0 spiro atoms. The van der Waals surface area contributed by atoms with Gasteiger partial charge in [0.05, 0.1) is 12.8 Å². The number of methoxy groups -OCH3 is 1. The number of ether oxygens (including phenoxy) is 1. The summed E-state index contributed by atoms with van der Waals surface area (Å²) < 4.78 is 5.20. The molecule has 5 heteroatoms. The summed E-state index contributed by atoms with van der Waals surface area (Å²) in [7, 11) is 1.64. The van der Waals surface area contributed by atoms with E-state index in [1.165, 1.54) is 11.3 Å². The maximum absolute atomic E-state index is 11.7. The lowest BCUT2D eigenvalue weighted by molar-refractivity contribution is -0.116. The summed E-state index contributed by atoms with van der Waals surface area (Å²) in [5, 5.41) is 5.41. The molecule has 0 bridgehead atoms. The number of unbranched alkanes of at least 4 members (excludes halogenated alkanes) is 1. The lowest BCUT2D eigenvalue weighted by atomic mass is 10.2. The lowest BCUT2D eigenvalue weighted by Gasteiger charge is -2.02. The van der Waals surface area contributed by atoms with Crippen LogP contribution < -0.4 is 10.1 Å². The number of rotatable bonds is 6. The highest BCUT2D eigenvalue weighted by molar-refractivity contribution is 7.14. The maximum atomic E-state index is 11.7. The van der Waals surface area contributed by atoms with E-state index in [1.54, 1.807) is 7.11 Å². The Morgan fingerprint density at radius 3 is 3.05 bits per heavy atom. The first-order valence-electron chi connectivity index (χ1n) is 6.62. The number of hydrogen-bond acceptors (Lipinski definition) is 4. The Kier molecular flexibility index (Phi) is 5.12. The molecule has 0 aliphatic rings. The van der Waals surface area contributed by atoms with E-state index in [1.807, 2.05) is 29.6 Å². The van der Waals surface area contributed by atoms with Gasteiger partial charge < -0.3 is 10.1 Å². The van der Waals surface area contributed by atoms with Gasteiger partial charge in [0.1, 0.15) is 5.75 Å². The van der Waals surface area contributed by atoms with Crippen molar-refractivity contribution in [3.05, 3.63) is 29.6 Å². The molecule has 106 valence electrons. The van der Waals surface area contributed by atoms with Gasteiger partial charge in [-0.3, -0.25) is 4.79 Å². The van der Waals surface area contributed by atoms with Crippen molar-refractivity contribution in [2.24, 2.45) is 0 Å². The average Bonchev–Trinajstić information content (AvgIpc) is 2.93. The lowest BCUT2D eigenvalue weighted by Crippen LogP contribution is -2.10. The van der Waals surface area contributed by atoms with Gasteiger partial charge >= 0.3 is 0 Å². The van der Waals surface area contributed by atoms with E-state index in [-0.39, 0.29) is 5.91 Å². The highest BCUT2D eigenvalue weighted by Gasteiger charge is 2.08. The molecule has 0 unspecified atom stereocenters. The molecule has 0 aliphatic carbocycles. The van der Waals surface area contributed by atoms with Crippen LogP contribution >= 0.6 is 11.3 Å². The minimum Gasteiger partial charge on any atom is -0.497 e. The maximum Gasteiger partial charge on any atom is 0.226 e. The van der Waals surface area contributed by atoms with Crippen molar-refractivity contribution in [2.45, 2.75) is 26.2 Å². The largest absolute Gasteiger partial charge is 0.497 e. The minimum atomic E-state index is 0.0263. The predicted molar refractivity (Wildman–Crippen MR) is 82.3 cm³/mol. The second-order valence-corrected chi connectivity index (χ2v) is 5.28. The summed E-state index contributed by atoms with van der Waals surface area (Å²) in [5.41, 5.74) is 1.83. The minimum absolute atomic E-state index is 0.0263. The number of carbonyl (C=O) groups excluding carboxylic acids is 1. The molecule has 1 heterocycles. The van der Waals surface area contributed by atoms with Crippen molar-refractivity contribution in [1.29, 1.82) is 0 Å². The average molecular weight is 290 g/mol. The molecule has 0 atom stereocenters. The number of aromatic nitrogens is 1. The Morgan fingerprint density at radius 2 is 2.30 bits per heavy atom. The second-order valence-electron chi connectivity index (χ2n) is 4.42. The molecule has 1 amide bonds. The molecule has 1 aromatic heterocycles. The molecular formula is C15H18N2O2S. The zero-order valence-corrected chi connectivity index (χ0v) is 12.5. The number of nitrogens with one attached hydrogen (secondary N) is 1. The van der Waals surface area contributed by atoms with Crippen molar-refractivity contribution in [1.82, 2.24) is 4.98 Å². The van der Waals surface area contributed by atoms with Crippen LogP contribution in [0.15, 0.2) is 29.6 Å². The number of thiazole rings is 1. The standard InChI is InChI=1S/C15H18N2O2S/c1-3-4-8-14(18)17-15-16-13(10-20-15)11-6-5-7-12(9-11)19-2/h5-7,9-10H,3-4,8H2,1-2H3,(H,16,17,18). The molecular weight excluding hydrogens is 272 g/mol. The van der Waals surface area contributed by atoms with Crippen molar-refractivity contribution in [2.75, 3.05) is 12.4 Å². The van der Waals surface area contributed by atoms with Crippen LogP contribution in [-0.4, -0.2) is 18.0 Å². The fraction of sp³-hybridized carbons (Fsp3) is 0.333. The van der Waals surface area contributed by atoms with E-state index in [9.17, 15) is 4.79 Å². The Hall–Kier alpha value is -1.88. The Bertz CT molecular complexity index is 581. The molecule has 20 heavy (non-hydrogen) atoms. The van der Waals surface area contributed by atoms with Crippen LogP contribution in [0.25, 0.3) is 11.3 Å². The first-order valence-corrected chi connectivity index (χ1v) is 7.50. The number of anilines is 1. The van der Waals surface area contributed by atoms with Crippen molar-refractivity contribution < 1.29 is 9.53 Å². The van der Waals surface area contributed by atoms with Crippen LogP contribution in [0.5, 0.6) is 5.75 Å². The van der Waals surface area contributed by atoms with Crippen LogP contribution in [0.3, 0.4) is 0 Å². The molecule has 2 rings (SSSR count). The van der Waals surface area contributed by atoms with E-state index >= 15 is 0 Å². The number of carbonyl (C=O) groups is 1. The van der Waals surface area contributed by atoms with Gasteiger partial charge in [-0.15, -0.1) is 11.3 Å². The van der Waals surface area contributed by atoms with Crippen molar-refractivity contribution in [3.63, 3.8) is 0 Å². The van der Waals surface area contributed by atoms with Crippen molar-refractivity contribution in [3.8, 4) is 17.0 Å². The van der Waals surface area contributed by atoms with Crippen LogP contribution in [0.1, 0.15) is 26.2 Å². The molecule has 2 aromatic rings. The van der Waals surface area contributed by atoms with Gasteiger partial charge in [0, 0.05) is 17.4 Å². The molecule has 0 fully saturated rings. The van der Waals surface area contributed by atoms with Crippen LogP contribution in [0, 0.1) is 0 Å². The summed E-state index contributed by atoms with van der Waals surface area (Å²) in [6.07, 6.45) is 2.46. The Balaban J connectivity index is 2.06. The Labute approximate surface area is 122 Å². The van der Waals surface area contributed by atoms with Crippen molar-refractivity contribution >= 4 is 22.4 Å². The molecule has 0 aliphatic heterocycles. The highest BCUT2D eigenvalue weighted by Crippen LogP contribution is 2.27. The normalized spacial score (nSPS) is 10.3. The first kappa shape index (κ1) is 14.5. The monoisotopic (exact) mass is 290 g/mol. The van der Waals surface area contributed by atoms with Gasteiger partial charge in [-0.1, -0.05) is 25.5 Å². The predicted octanol–water partition coefficient (Wildman–Crippen LogP) is 3.95. The number of nitrogens with zero attached hydrogens (tertiary/aromatic N) is 1.